The average Bonchev–Trinajstić information content (AvgIpc) is 3.99. The van der Waals surface area contributed by atoms with Gasteiger partial charge in [0, 0.05) is 38.9 Å². The van der Waals surface area contributed by atoms with Crippen molar-refractivity contribution in [3.63, 3.8) is 0 Å². The second-order valence-electron chi connectivity index (χ2n) is 19.6. The van der Waals surface area contributed by atoms with Gasteiger partial charge in [0.15, 0.2) is 0 Å². The van der Waals surface area contributed by atoms with Gasteiger partial charge >= 0.3 is 0 Å². The van der Waals surface area contributed by atoms with Gasteiger partial charge in [0.2, 0.25) is 0 Å². The van der Waals surface area contributed by atoms with Crippen LogP contribution in [0.4, 0.5) is 17.1 Å². The van der Waals surface area contributed by atoms with Crippen molar-refractivity contribution < 1.29 is 0 Å². The van der Waals surface area contributed by atoms with E-state index in [9.17, 15) is 0 Å². The second kappa shape index (κ2) is 15.4. The van der Waals surface area contributed by atoms with Crippen LogP contribution in [0.25, 0.3) is 71.6 Å². The fraction of sp³-hybridized carbons (Fsp3) is 0.0588. The minimum atomic E-state index is -0.503. The Morgan fingerprint density at radius 3 is 1.59 bits per heavy atom. The van der Waals surface area contributed by atoms with Crippen LogP contribution in [0.1, 0.15) is 47.2 Å². The molecule has 1 heterocycles. The molecule has 0 unspecified atom stereocenters. The highest BCUT2D eigenvalue weighted by Crippen LogP contribution is 2.59. The highest BCUT2D eigenvalue weighted by molar-refractivity contribution is 6.14. The van der Waals surface area contributed by atoms with Crippen LogP contribution in [0.15, 0.2) is 255 Å². The lowest BCUT2D eigenvalue weighted by molar-refractivity contribution is 0.660. The van der Waals surface area contributed by atoms with Crippen molar-refractivity contribution in [1.82, 2.24) is 4.57 Å². The van der Waals surface area contributed by atoms with Crippen LogP contribution in [0.3, 0.4) is 0 Å². The first-order chi connectivity index (χ1) is 34.5. The molecule has 2 nitrogen and oxygen atoms in total. The van der Waals surface area contributed by atoms with Gasteiger partial charge in [-0.25, -0.2) is 0 Å². The molecule has 0 spiro atoms. The summed E-state index contributed by atoms with van der Waals surface area (Å²) in [7, 11) is 0. The van der Waals surface area contributed by atoms with Crippen molar-refractivity contribution in [3.05, 3.63) is 288 Å². The first-order valence-electron chi connectivity index (χ1n) is 24.5. The highest BCUT2D eigenvalue weighted by atomic mass is 15.1. The summed E-state index contributed by atoms with van der Waals surface area (Å²) in [5, 5.41) is 4.92. The van der Waals surface area contributed by atoms with E-state index in [1.807, 2.05) is 0 Å². The molecule has 2 heteroatoms. The van der Waals surface area contributed by atoms with E-state index < -0.39 is 5.41 Å². The van der Waals surface area contributed by atoms with Gasteiger partial charge in [-0.2, -0.15) is 0 Å². The average molecular weight is 893 g/mol. The molecule has 0 amide bonds. The van der Waals surface area contributed by atoms with Crippen LogP contribution < -0.4 is 4.90 Å². The summed E-state index contributed by atoms with van der Waals surface area (Å²) in [5.41, 5.74) is 21.8. The minimum absolute atomic E-state index is 0.122. The Bertz CT molecular complexity index is 3970. The first kappa shape index (κ1) is 40.4. The normalized spacial score (nSPS) is 13.8. The van der Waals surface area contributed by atoms with Crippen LogP contribution in [-0.4, -0.2) is 4.57 Å². The molecule has 2 aliphatic carbocycles. The summed E-state index contributed by atoms with van der Waals surface area (Å²) in [6, 6.07) is 94.8. The summed E-state index contributed by atoms with van der Waals surface area (Å²) in [5.74, 6) is 0. The SMILES string of the molecule is CC1(C)c2ccccc2-c2ccc(N(c3ccccc3)c3ccc4c5cc6ccccc6cc5n(-c5ccc(-c6cccc7c6C(c6ccccc6)(c6ccccc6)c6ccccc6-7)cc5)c4c3)cc21. The van der Waals surface area contributed by atoms with Crippen molar-refractivity contribution >= 4 is 49.6 Å². The fourth-order valence-electron chi connectivity index (χ4n) is 12.5. The third kappa shape index (κ3) is 5.80. The number of fused-ring (bicyclic) bond motifs is 10. The number of hydrogen-bond donors (Lipinski definition) is 0. The van der Waals surface area contributed by atoms with Crippen LogP contribution >= 0.6 is 0 Å². The van der Waals surface area contributed by atoms with E-state index in [0.717, 1.165) is 28.3 Å². The van der Waals surface area contributed by atoms with E-state index in [-0.39, 0.29) is 5.41 Å². The smallest absolute Gasteiger partial charge is 0.0719 e. The number of aromatic nitrogens is 1. The number of para-hydroxylation sites is 1. The van der Waals surface area contributed by atoms with Gasteiger partial charge in [0.25, 0.3) is 0 Å². The molecule has 70 heavy (non-hydrogen) atoms. The molecule has 14 rings (SSSR count). The van der Waals surface area contributed by atoms with E-state index >= 15 is 0 Å². The maximum absolute atomic E-state index is 2.49. The van der Waals surface area contributed by atoms with Gasteiger partial charge in [0.1, 0.15) is 0 Å². The Morgan fingerprint density at radius 1 is 0.343 bits per heavy atom. The zero-order chi connectivity index (χ0) is 46.6. The predicted molar refractivity (Wildman–Crippen MR) is 293 cm³/mol. The van der Waals surface area contributed by atoms with Gasteiger partial charge in [-0.3, -0.25) is 0 Å². The molecule has 0 radical (unpaired) electrons. The molecular formula is C68H48N2. The minimum Gasteiger partial charge on any atom is -0.310 e. The van der Waals surface area contributed by atoms with E-state index in [2.05, 4.69) is 278 Å². The summed E-state index contributed by atoms with van der Waals surface area (Å²) in [6.07, 6.45) is 0. The molecular weight excluding hydrogens is 845 g/mol. The molecule has 0 saturated heterocycles. The lowest BCUT2D eigenvalue weighted by atomic mass is 9.66. The largest absolute Gasteiger partial charge is 0.310 e. The van der Waals surface area contributed by atoms with Crippen LogP contribution in [-0.2, 0) is 10.8 Å². The fourth-order valence-corrected chi connectivity index (χ4v) is 12.5. The molecule has 2 aliphatic rings. The van der Waals surface area contributed by atoms with Crippen molar-refractivity contribution in [3.8, 4) is 39.1 Å². The summed E-state index contributed by atoms with van der Waals surface area (Å²) >= 11 is 0. The Balaban J connectivity index is 0.963. The van der Waals surface area contributed by atoms with Gasteiger partial charge in [-0.15, -0.1) is 0 Å². The van der Waals surface area contributed by atoms with E-state index in [1.165, 1.54) is 93.8 Å². The zero-order valence-corrected chi connectivity index (χ0v) is 39.1. The molecule has 0 N–H and O–H groups in total. The van der Waals surface area contributed by atoms with Gasteiger partial charge in [-0.1, -0.05) is 208 Å². The molecule has 12 aromatic rings. The highest BCUT2D eigenvalue weighted by Gasteiger charge is 2.47. The lowest BCUT2D eigenvalue weighted by Crippen LogP contribution is -2.29. The second-order valence-corrected chi connectivity index (χ2v) is 19.6. The van der Waals surface area contributed by atoms with Crippen molar-refractivity contribution in [2.45, 2.75) is 24.7 Å². The molecule has 0 atom stereocenters. The van der Waals surface area contributed by atoms with E-state index in [0.29, 0.717) is 0 Å². The third-order valence-electron chi connectivity index (χ3n) is 15.6. The summed E-state index contributed by atoms with van der Waals surface area (Å²) < 4.78 is 2.49. The van der Waals surface area contributed by atoms with E-state index in [1.54, 1.807) is 0 Å². The Kier molecular flexibility index (Phi) is 8.88. The number of nitrogens with zero attached hydrogens (tertiary/aromatic N) is 2. The van der Waals surface area contributed by atoms with Crippen molar-refractivity contribution in [2.75, 3.05) is 4.90 Å². The number of rotatable bonds is 7. The summed E-state index contributed by atoms with van der Waals surface area (Å²) in [4.78, 5) is 2.43. The van der Waals surface area contributed by atoms with Gasteiger partial charge in [-0.05, 0) is 138 Å². The van der Waals surface area contributed by atoms with E-state index in [4.69, 9.17) is 0 Å². The molecule has 0 aliphatic heterocycles. The monoisotopic (exact) mass is 892 g/mol. The lowest BCUT2D eigenvalue weighted by Gasteiger charge is -2.35. The maximum Gasteiger partial charge on any atom is 0.0719 e. The third-order valence-corrected chi connectivity index (χ3v) is 15.6. The van der Waals surface area contributed by atoms with Gasteiger partial charge in [0.05, 0.1) is 16.4 Å². The van der Waals surface area contributed by atoms with Crippen LogP contribution in [0.2, 0.25) is 0 Å². The first-order valence-corrected chi connectivity index (χ1v) is 24.5. The Morgan fingerprint density at radius 2 is 0.871 bits per heavy atom. The van der Waals surface area contributed by atoms with Crippen molar-refractivity contribution in [1.29, 1.82) is 0 Å². The topological polar surface area (TPSA) is 8.17 Å². The van der Waals surface area contributed by atoms with Crippen LogP contribution in [0.5, 0.6) is 0 Å². The molecule has 0 fully saturated rings. The quantitative estimate of drug-likeness (QED) is 0.155. The molecule has 0 saturated carbocycles. The standard InChI is InChI=1S/C68H48N2/c1-67(2)61-31-16-14-27-55(61)57-39-37-52(43-63(57)67)69(50-25-10-5-11-26-50)53-38-40-58-60-41-46-19-12-13-20-47(46)42-64(60)70(65(58)44-53)51-35-33-45(34-36-51)54-29-18-30-59-56-28-15-17-32-62(56)68(66(54)59,48-21-6-3-7-22-48)49-23-8-4-9-24-49/h3-44H,1-2H3. The molecule has 1 aromatic heterocycles. The number of hydrogen-bond acceptors (Lipinski definition) is 1. The molecule has 330 valence electrons. The Labute approximate surface area is 409 Å². The maximum atomic E-state index is 2.49. The zero-order valence-electron chi connectivity index (χ0n) is 39.1. The molecule has 11 aromatic carbocycles. The van der Waals surface area contributed by atoms with Crippen LogP contribution in [0, 0.1) is 0 Å². The van der Waals surface area contributed by atoms with Crippen molar-refractivity contribution in [2.24, 2.45) is 0 Å². The van der Waals surface area contributed by atoms with Gasteiger partial charge < -0.3 is 9.47 Å². The predicted octanol–water partition coefficient (Wildman–Crippen LogP) is 17.7. The Hall–Kier alpha value is -8.72. The molecule has 0 bridgehead atoms. The number of anilines is 3. The summed E-state index contributed by atoms with van der Waals surface area (Å²) in [6.45, 7) is 4.72. The number of benzene rings is 11.